The van der Waals surface area contributed by atoms with Crippen molar-refractivity contribution in [3.05, 3.63) is 22.7 Å². The van der Waals surface area contributed by atoms with E-state index in [1.54, 1.807) is 0 Å². The molecule has 0 spiro atoms. The van der Waals surface area contributed by atoms with Gasteiger partial charge in [0.15, 0.2) is 0 Å². The number of aromatic amines is 1. The third kappa shape index (κ3) is 2.18. The number of imidazole rings is 1. The summed E-state index contributed by atoms with van der Waals surface area (Å²) < 4.78 is 0. The summed E-state index contributed by atoms with van der Waals surface area (Å²) >= 11 is 6.07. The van der Waals surface area contributed by atoms with E-state index in [1.807, 2.05) is 19.1 Å². The molecular weight excluding hydrogens is 248 g/mol. The summed E-state index contributed by atoms with van der Waals surface area (Å²) in [5.74, 6) is 0.957. The van der Waals surface area contributed by atoms with Gasteiger partial charge >= 0.3 is 0 Å². The predicted octanol–water partition coefficient (Wildman–Crippen LogP) is 2.32. The van der Waals surface area contributed by atoms with Crippen LogP contribution >= 0.6 is 11.6 Å². The lowest BCUT2D eigenvalue weighted by atomic mass is 10.2. The van der Waals surface area contributed by atoms with Crippen LogP contribution in [0.3, 0.4) is 0 Å². The number of anilines is 1. The Morgan fingerprint density at radius 1 is 1.28 bits per heavy atom. The first-order valence-corrected chi connectivity index (χ1v) is 6.73. The quantitative estimate of drug-likeness (QED) is 0.831. The lowest BCUT2D eigenvalue weighted by molar-refractivity contribution is 0.724. The molecule has 5 heteroatoms. The zero-order valence-electron chi connectivity index (χ0n) is 10.5. The molecule has 1 aromatic carbocycles. The Labute approximate surface area is 111 Å². The van der Waals surface area contributed by atoms with Crippen molar-refractivity contribution in [1.29, 1.82) is 0 Å². The molecule has 1 aromatic heterocycles. The van der Waals surface area contributed by atoms with Crippen LogP contribution < -0.4 is 10.2 Å². The largest absolute Gasteiger partial charge is 0.341 e. The van der Waals surface area contributed by atoms with Gasteiger partial charge in [0.05, 0.1) is 11.0 Å². The van der Waals surface area contributed by atoms with Crippen LogP contribution in [-0.2, 0) is 0 Å². The predicted molar refractivity (Wildman–Crippen MR) is 75.5 cm³/mol. The average Bonchev–Trinajstić information content (AvgIpc) is 2.59. The van der Waals surface area contributed by atoms with E-state index in [-0.39, 0.29) is 0 Å². The number of nitrogens with one attached hydrogen (secondary N) is 2. The second-order valence-electron chi connectivity index (χ2n) is 4.77. The second-order valence-corrected chi connectivity index (χ2v) is 5.21. The highest BCUT2D eigenvalue weighted by Gasteiger charge is 2.14. The molecule has 1 saturated heterocycles. The van der Waals surface area contributed by atoms with Gasteiger partial charge in [0, 0.05) is 24.7 Å². The van der Waals surface area contributed by atoms with E-state index >= 15 is 0 Å². The molecular formula is C13H17ClN4. The van der Waals surface area contributed by atoms with E-state index in [0.29, 0.717) is 0 Å². The van der Waals surface area contributed by atoms with Crippen LogP contribution in [0.5, 0.6) is 0 Å². The van der Waals surface area contributed by atoms with Crippen molar-refractivity contribution < 1.29 is 0 Å². The van der Waals surface area contributed by atoms with Gasteiger partial charge in [-0.2, -0.15) is 0 Å². The smallest absolute Gasteiger partial charge is 0.203 e. The van der Waals surface area contributed by atoms with Gasteiger partial charge in [-0.3, -0.25) is 0 Å². The van der Waals surface area contributed by atoms with Gasteiger partial charge in [-0.15, -0.1) is 0 Å². The van der Waals surface area contributed by atoms with Crippen molar-refractivity contribution in [2.45, 2.75) is 13.3 Å². The molecule has 2 aromatic rings. The molecule has 2 N–H and O–H groups in total. The van der Waals surface area contributed by atoms with Gasteiger partial charge in [-0.25, -0.2) is 4.98 Å². The first kappa shape index (κ1) is 11.8. The van der Waals surface area contributed by atoms with Crippen LogP contribution in [0, 0.1) is 6.92 Å². The Bertz CT molecular complexity index is 555. The number of rotatable bonds is 1. The maximum atomic E-state index is 6.07. The topological polar surface area (TPSA) is 44.0 Å². The molecule has 18 heavy (non-hydrogen) atoms. The molecule has 2 heterocycles. The molecule has 0 bridgehead atoms. The zero-order chi connectivity index (χ0) is 12.5. The molecule has 0 radical (unpaired) electrons. The number of H-pyrrole nitrogens is 1. The maximum absolute atomic E-state index is 6.07. The number of hydrogen-bond acceptors (Lipinski definition) is 3. The minimum absolute atomic E-state index is 0.757. The number of halogens is 1. The van der Waals surface area contributed by atoms with Crippen LogP contribution in [0.4, 0.5) is 5.95 Å². The summed E-state index contributed by atoms with van der Waals surface area (Å²) in [6.45, 7) is 6.17. The highest BCUT2D eigenvalue weighted by atomic mass is 35.5. The van der Waals surface area contributed by atoms with Gasteiger partial charge in [0.2, 0.25) is 5.95 Å². The van der Waals surface area contributed by atoms with E-state index < -0.39 is 0 Å². The molecule has 96 valence electrons. The number of aromatic nitrogens is 2. The van der Waals surface area contributed by atoms with Gasteiger partial charge in [-0.05, 0) is 37.6 Å². The maximum Gasteiger partial charge on any atom is 0.203 e. The van der Waals surface area contributed by atoms with E-state index in [4.69, 9.17) is 16.6 Å². The third-order valence-corrected chi connectivity index (χ3v) is 3.59. The molecule has 4 nitrogen and oxygen atoms in total. The van der Waals surface area contributed by atoms with E-state index in [0.717, 1.165) is 60.2 Å². The van der Waals surface area contributed by atoms with Crippen LogP contribution in [-0.4, -0.2) is 36.1 Å². The second kappa shape index (κ2) is 4.78. The standard InChI is InChI=1S/C13H17ClN4/c1-9-7-10(14)8-11-12(9)17-13(16-11)18-5-2-3-15-4-6-18/h7-8,15H,2-6H2,1H3,(H,16,17). The summed E-state index contributed by atoms with van der Waals surface area (Å²) in [7, 11) is 0. The first-order valence-electron chi connectivity index (χ1n) is 6.35. The summed E-state index contributed by atoms with van der Waals surface area (Å²) in [5, 5.41) is 4.15. The normalized spacial score (nSPS) is 17.1. The highest BCUT2D eigenvalue weighted by Crippen LogP contribution is 2.24. The Balaban J connectivity index is 1.99. The van der Waals surface area contributed by atoms with Crippen LogP contribution in [0.2, 0.25) is 5.02 Å². The SMILES string of the molecule is Cc1cc(Cl)cc2[nH]c(N3CCCNCC3)nc12. The van der Waals surface area contributed by atoms with Crippen molar-refractivity contribution in [2.24, 2.45) is 0 Å². The van der Waals surface area contributed by atoms with Crippen LogP contribution in [0.1, 0.15) is 12.0 Å². The Morgan fingerprint density at radius 2 is 2.17 bits per heavy atom. The summed E-state index contributed by atoms with van der Waals surface area (Å²) in [6.07, 6.45) is 1.15. The summed E-state index contributed by atoms with van der Waals surface area (Å²) in [5.41, 5.74) is 3.16. The van der Waals surface area contributed by atoms with E-state index in [9.17, 15) is 0 Å². The number of benzene rings is 1. The molecule has 0 aliphatic carbocycles. The van der Waals surface area contributed by atoms with Gasteiger partial charge in [0.25, 0.3) is 0 Å². The Morgan fingerprint density at radius 3 is 3.06 bits per heavy atom. The van der Waals surface area contributed by atoms with Crippen molar-refractivity contribution in [1.82, 2.24) is 15.3 Å². The monoisotopic (exact) mass is 264 g/mol. The van der Waals surface area contributed by atoms with Crippen molar-refractivity contribution in [3.63, 3.8) is 0 Å². The number of fused-ring (bicyclic) bond motifs is 1. The van der Waals surface area contributed by atoms with Gasteiger partial charge in [-0.1, -0.05) is 11.6 Å². The Hall–Kier alpha value is -1.26. The first-order chi connectivity index (χ1) is 8.74. The number of nitrogens with zero attached hydrogens (tertiary/aromatic N) is 2. The highest BCUT2D eigenvalue weighted by molar-refractivity contribution is 6.31. The molecule has 1 aliphatic rings. The van der Waals surface area contributed by atoms with Crippen molar-refractivity contribution >= 4 is 28.6 Å². The fourth-order valence-electron chi connectivity index (χ4n) is 2.44. The molecule has 0 atom stereocenters. The lowest BCUT2D eigenvalue weighted by Crippen LogP contribution is -2.28. The van der Waals surface area contributed by atoms with Crippen LogP contribution in [0.15, 0.2) is 12.1 Å². The number of hydrogen-bond donors (Lipinski definition) is 2. The molecule has 1 aliphatic heterocycles. The minimum Gasteiger partial charge on any atom is -0.341 e. The summed E-state index contributed by atoms with van der Waals surface area (Å²) in [4.78, 5) is 10.4. The average molecular weight is 265 g/mol. The van der Waals surface area contributed by atoms with Crippen molar-refractivity contribution in [2.75, 3.05) is 31.1 Å². The Kier molecular flexibility index (Phi) is 3.14. The zero-order valence-corrected chi connectivity index (χ0v) is 11.2. The molecule has 3 rings (SSSR count). The van der Waals surface area contributed by atoms with Gasteiger partial charge in [0.1, 0.15) is 0 Å². The fourth-order valence-corrected chi connectivity index (χ4v) is 2.71. The minimum atomic E-state index is 0.757. The van der Waals surface area contributed by atoms with E-state index in [1.165, 1.54) is 0 Å². The van der Waals surface area contributed by atoms with Crippen molar-refractivity contribution in [3.8, 4) is 0 Å². The van der Waals surface area contributed by atoms with E-state index in [2.05, 4.69) is 15.2 Å². The lowest BCUT2D eigenvalue weighted by Gasteiger charge is -2.18. The molecule has 0 saturated carbocycles. The summed E-state index contributed by atoms with van der Waals surface area (Å²) in [6, 6.07) is 3.90. The number of aryl methyl sites for hydroxylation is 1. The molecule has 0 unspecified atom stereocenters. The molecule has 0 amide bonds. The fraction of sp³-hybridized carbons (Fsp3) is 0.462. The third-order valence-electron chi connectivity index (χ3n) is 3.37. The van der Waals surface area contributed by atoms with Crippen LogP contribution in [0.25, 0.3) is 11.0 Å². The molecule has 1 fully saturated rings. The van der Waals surface area contributed by atoms with Gasteiger partial charge < -0.3 is 15.2 Å².